The highest BCUT2D eigenvalue weighted by atomic mass is 19.4. The van der Waals surface area contributed by atoms with Crippen LogP contribution in [0.2, 0.25) is 0 Å². The largest absolute Gasteiger partial charge is 0.573 e. The van der Waals surface area contributed by atoms with E-state index in [2.05, 4.69) is 4.74 Å². The van der Waals surface area contributed by atoms with Crippen LogP contribution in [0, 0.1) is 12.8 Å². The van der Waals surface area contributed by atoms with Crippen molar-refractivity contribution >= 4 is 11.9 Å². The van der Waals surface area contributed by atoms with Crippen molar-refractivity contribution in [3.63, 3.8) is 0 Å². The van der Waals surface area contributed by atoms with Gasteiger partial charge in [-0.1, -0.05) is 26.0 Å². The van der Waals surface area contributed by atoms with Crippen LogP contribution in [-0.4, -0.2) is 30.5 Å². The summed E-state index contributed by atoms with van der Waals surface area (Å²) in [5.74, 6) is -2.48. The summed E-state index contributed by atoms with van der Waals surface area (Å²) in [6.07, 6.45) is -5.54. The van der Waals surface area contributed by atoms with E-state index >= 15 is 0 Å². The molecule has 1 atom stereocenters. The molecular formula is C29H27F3O8. The maximum atomic E-state index is 13.1. The van der Waals surface area contributed by atoms with E-state index in [0.717, 1.165) is 12.1 Å². The number of ether oxygens (including phenoxy) is 5. The lowest BCUT2D eigenvalue weighted by atomic mass is 9.96. The lowest BCUT2D eigenvalue weighted by molar-refractivity contribution is -0.274. The summed E-state index contributed by atoms with van der Waals surface area (Å²) in [5, 5.41) is 10.7. The van der Waals surface area contributed by atoms with Crippen LogP contribution in [0.15, 0.2) is 48.5 Å². The van der Waals surface area contributed by atoms with Crippen molar-refractivity contribution < 1.29 is 51.6 Å². The number of aliphatic hydroxyl groups is 1. The number of aryl methyl sites for hydroxylation is 1. The zero-order chi connectivity index (χ0) is 29.2. The fraction of sp³-hybridized carbons (Fsp3) is 0.310. The number of carbonyl (C=O) groups is 2. The van der Waals surface area contributed by atoms with Gasteiger partial charge in [0.1, 0.15) is 35.0 Å². The number of esters is 2. The number of cyclic esters (lactones) is 1. The van der Waals surface area contributed by atoms with Gasteiger partial charge in [-0.2, -0.15) is 0 Å². The number of para-hydroxylation sites is 1. The second-order valence-electron chi connectivity index (χ2n) is 9.57. The number of hydrogen-bond donors (Lipinski definition) is 1. The number of hydrogen-bond acceptors (Lipinski definition) is 8. The zero-order valence-electron chi connectivity index (χ0n) is 22.1. The molecule has 1 aliphatic rings. The van der Waals surface area contributed by atoms with Gasteiger partial charge >= 0.3 is 18.3 Å². The number of rotatable bonds is 7. The molecule has 1 N–H and O–H groups in total. The molecule has 0 spiro atoms. The number of methoxy groups -OCH3 is 1. The maximum Gasteiger partial charge on any atom is 0.573 e. The van der Waals surface area contributed by atoms with Crippen molar-refractivity contribution in [1.29, 1.82) is 0 Å². The fourth-order valence-corrected chi connectivity index (χ4v) is 4.36. The summed E-state index contributed by atoms with van der Waals surface area (Å²) in [6.45, 7) is 5.31. The molecule has 0 bridgehead atoms. The van der Waals surface area contributed by atoms with E-state index < -0.39 is 35.7 Å². The van der Waals surface area contributed by atoms with Crippen molar-refractivity contribution in [2.45, 2.75) is 46.3 Å². The number of halogens is 3. The smallest absolute Gasteiger partial charge is 0.495 e. The minimum atomic E-state index is -5.02. The average Bonchev–Trinajstić information content (AvgIpc) is 2.86. The molecule has 8 nitrogen and oxygen atoms in total. The summed E-state index contributed by atoms with van der Waals surface area (Å²) in [5.41, 5.74) is 0.789. The van der Waals surface area contributed by atoms with E-state index in [0.29, 0.717) is 23.1 Å². The third-order valence-electron chi connectivity index (χ3n) is 5.99. The normalized spacial score (nSPS) is 13.7. The summed E-state index contributed by atoms with van der Waals surface area (Å²) in [7, 11) is 1.35. The van der Waals surface area contributed by atoms with Crippen LogP contribution < -0.4 is 18.9 Å². The number of fused-ring (bicyclic) bond motifs is 2. The monoisotopic (exact) mass is 560 g/mol. The standard InChI is InChI=1S/C29H27F3O8/c1-15(2)11-20(33)18-9-10-22-24(26(18)36-4)28(35)37-14-17-12-16(3)13-23(25(17)38-22)39-27(34)19-7-5-6-8-21(19)40-29(30,31)32/h5-10,12-13,15,20,33H,11,14H2,1-4H3/t20-/m0/s1. The van der Waals surface area contributed by atoms with Crippen molar-refractivity contribution in [2.75, 3.05) is 7.11 Å². The van der Waals surface area contributed by atoms with Crippen molar-refractivity contribution in [2.24, 2.45) is 5.92 Å². The molecule has 40 heavy (non-hydrogen) atoms. The van der Waals surface area contributed by atoms with Crippen LogP contribution >= 0.6 is 0 Å². The van der Waals surface area contributed by atoms with Gasteiger partial charge in [-0.15, -0.1) is 13.2 Å². The fourth-order valence-electron chi connectivity index (χ4n) is 4.36. The first kappa shape index (κ1) is 28.8. The highest BCUT2D eigenvalue weighted by Gasteiger charge is 2.34. The first-order valence-electron chi connectivity index (χ1n) is 12.3. The molecule has 0 aromatic heterocycles. The highest BCUT2D eigenvalue weighted by Crippen LogP contribution is 2.45. The minimum absolute atomic E-state index is 0.00486. The first-order chi connectivity index (χ1) is 18.9. The van der Waals surface area contributed by atoms with Crippen molar-refractivity contribution in [3.05, 3.63) is 76.3 Å². The van der Waals surface area contributed by atoms with Crippen LogP contribution in [0.3, 0.4) is 0 Å². The Morgan fingerprint density at radius 3 is 2.50 bits per heavy atom. The number of aliphatic hydroxyl groups excluding tert-OH is 1. The van der Waals surface area contributed by atoms with Crippen LogP contribution in [0.5, 0.6) is 28.7 Å². The molecule has 0 radical (unpaired) electrons. The Hall–Kier alpha value is -4.25. The summed E-state index contributed by atoms with van der Waals surface area (Å²) in [4.78, 5) is 26.1. The van der Waals surface area contributed by atoms with E-state index in [1.807, 2.05) is 13.8 Å². The molecule has 0 aliphatic carbocycles. The Morgan fingerprint density at radius 2 is 1.82 bits per heavy atom. The molecule has 0 amide bonds. The molecule has 4 rings (SSSR count). The topological polar surface area (TPSA) is 101 Å². The quantitative estimate of drug-likeness (QED) is 0.253. The molecule has 212 valence electrons. The third kappa shape index (κ3) is 6.31. The van der Waals surface area contributed by atoms with Gasteiger partial charge in [0.15, 0.2) is 11.5 Å². The van der Waals surface area contributed by atoms with Crippen LogP contribution in [-0.2, 0) is 11.3 Å². The van der Waals surface area contributed by atoms with Gasteiger partial charge in [0.25, 0.3) is 0 Å². The highest BCUT2D eigenvalue weighted by molar-refractivity contribution is 5.97. The van der Waals surface area contributed by atoms with Gasteiger partial charge < -0.3 is 28.8 Å². The van der Waals surface area contributed by atoms with Crippen LogP contribution in [0.4, 0.5) is 13.2 Å². The van der Waals surface area contributed by atoms with Crippen molar-refractivity contribution in [3.8, 4) is 28.7 Å². The van der Waals surface area contributed by atoms with Gasteiger partial charge in [0.05, 0.1) is 13.2 Å². The SMILES string of the molecule is COc1c([C@@H](O)CC(C)C)ccc2c1C(=O)OCc1cc(C)cc(OC(=O)c3ccccc3OC(F)(F)F)c1O2. The number of alkyl halides is 3. The Bertz CT molecular complexity index is 1430. The molecule has 0 unspecified atom stereocenters. The lowest BCUT2D eigenvalue weighted by Gasteiger charge is -2.24. The van der Waals surface area contributed by atoms with Gasteiger partial charge in [-0.05, 0) is 61.2 Å². The Kier molecular flexibility index (Phi) is 8.24. The third-order valence-corrected chi connectivity index (χ3v) is 5.99. The molecule has 0 saturated heterocycles. The number of carbonyl (C=O) groups excluding carboxylic acids is 2. The summed E-state index contributed by atoms with van der Waals surface area (Å²) in [6, 6.07) is 10.9. The molecule has 11 heteroatoms. The molecule has 0 fully saturated rings. The predicted octanol–water partition coefficient (Wildman–Crippen LogP) is 6.66. The van der Waals surface area contributed by atoms with Crippen LogP contribution in [0.1, 0.15) is 63.8 Å². The molecule has 3 aromatic rings. The van der Waals surface area contributed by atoms with Crippen molar-refractivity contribution in [1.82, 2.24) is 0 Å². The predicted molar refractivity (Wildman–Crippen MR) is 136 cm³/mol. The minimum Gasteiger partial charge on any atom is -0.495 e. The van der Waals surface area contributed by atoms with Gasteiger partial charge in [0.2, 0.25) is 0 Å². The van der Waals surface area contributed by atoms with Gasteiger partial charge in [-0.3, -0.25) is 0 Å². The summed E-state index contributed by atoms with van der Waals surface area (Å²) >= 11 is 0. The van der Waals surface area contributed by atoms with Crippen LogP contribution in [0.25, 0.3) is 0 Å². The molecule has 3 aromatic carbocycles. The Balaban J connectivity index is 1.76. The van der Waals surface area contributed by atoms with Gasteiger partial charge in [-0.25, -0.2) is 9.59 Å². The second-order valence-corrected chi connectivity index (χ2v) is 9.57. The summed E-state index contributed by atoms with van der Waals surface area (Å²) < 4.78 is 65.2. The van der Waals surface area contributed by atoms with E-state index in [-0.39, 0.29) is 41.1 Å². The van der Waals surface area contributed by atoms with E-state index in [1.165, 1.54) is 31.4 Å². The molecule has 1 aliphatic heterocycles. The number of benzene rings is 3. The van der Waals surface area contributed by atoms with Gasteiger partial charge in [0, 0.05) is 11.1 Å². The molecular weight excluding hydrogens is 533 g/mol. The molecule has 1 heterocycles. The maximum absolute atomic E-state index is 13.1. The Morgan fingerprint density at radius 1 is 1.10 bits per heavy atom. The average molecular weight is 561 g/mol. The van der Waals surface area contributed by atoms with E-state index in [4.69, 9.17) is 18.9 Å². The zero-order valence-corrected chi connectivity index (χ0v) is 22.1. The second kappa shape index (κ2) is 11.5. The van der Waals surface area contributed by atoms with E-state index in [9.17, 15) is 27.9 Å². The van der Waals surface area contributed by atoms with E-state index in [1.54, 1.807) is 19.1 Å². The lowest BCUT2D eigenvalue weighted by Crippen LogP contribution is -2.20. The Labute approximate surface area is 228 Å². The first-order valence-corrected chi connectivity index (χ1v) is 12.3. The molecule has 0 saturated carbocycles.